The third-order valence-electron chi connectivity index (χ3n) is 4.78. The van der Waals surface area contributed by atoms with Crippen LogP contribution in [0.25, 0.3) is 0 Å². The number of likely N-dealkylation sites (tertiary alicyclic amines) is 1. The number of piperidine rings is 1. The highest BCUT2D eigenvalue weighted by molar-refractivity contribution is 6.04. The number of hydrogen-bond acceptors (Lipinski definition) is 5. The first-order chi connectivity index (χ1) is 13.5. The summed E-state index contributed by atoms with van der Waals surface area (Å²) < 4.78 is 6.53. The molecule has 8 heteroatoms. The second-order valence-corrected chi connectivity index (χ2v) is 6.68. The maximum atomic E-state index is 12.7. The highest BCUT2D eigenvalue weighted by atomic mass is 16.5. The van der Waals surface area contributed by atoms with E-state index in [1.807, 2.05) is 6.07 Å². The van der Waals surface area contributed by atoms with Gasteiger partial charge in [0, 0.05) is 31.8 Å². The standard InChI is InChI=1S/C20H24N4O4/c1-3-28-20(27)15-9-11-24(12-10-15)19(26)16-13-17(23(2)22-16)21-18(25)14-7-5-4-6-8-14/h4-8,13,15H,3,9-12H2,1-2H3,(H,21,25). The molecule has 0 bridgehead atoms. The first-order valence-corrected chi connectivity index (χ1v) is 9.36. The topological polar surface area (TPSA) is 93.5 Å². The fraction of sp³-hybridized carbons (Fsp3) is 0.400. The molecule has 1 aromatic carbocycles. The molecule has 1 aromatic heterocycles. The van der Waals surface area contributed by atoms with E-state index < -0.39 is 0 Å². The number of anilines is 1. The number of nitrogens with zero attached hydrogens (tertiary/aromatic N) is 3. The number of aryl methyl sites for hydroxylation is 1. The molecule has 0 aliphatic carbocycles. The van der Waals surface area contributed by atoms with Gasteiger partial charge in [-0.05, 0) is 31.9 Å². The monoisotopic (exact) mass is 384 g/mol. The number of carbonyl (C=O) groups excluding carboxylic acids is 3. The van der Waals surface area contributed by atoms with Crippen molar-refractivity contribution in [1.29, 1.82) is 0 Å². The van der Waals surface area contributed by atoms with Gasteiger partial charge in [-0.25, -0.2) is 0 Å². The van der Waals surface area contributed by atoms with Crippen molar-refractivity contribution in [2.24, 2.45) is 13.0 Å². The second kappa shape index (κ2) is 8.69. The first kappa shape index (κ1) is 19.6. The molecule has 148 valence electrons. The van der Waals surface area contributed by atoms with Gasteiger partial charge in [-0.15, -0.1) is 0 Å². The maximum Gasteiger partial charge on any atom is 0.309 e. The third-order valence-corrected chi connectivity index (χ3v) is 4.78. The Hall–Kier alpha value is -3.16. The number of aromatic nitrogens is 2. The fourth-order valence-electron chi connectivity index (χ4n) is 3.21. The van der Waals surface area contributed by atoms with Crippen molar-refractivity contribution < 1.29 is 19.1 Å². The average Bonchev–Trinajstić information content (AvgIpc) is 3.08. The van der Waals surface area contributed by atoms with E-state index in [1.165, 1.54) is 4.68 Å². The Balaban J connectivity index is 1.62. The summed E-state index contributed by atoms with van der Waals surface area (Å²) in [5.41, 5.74) is 0.790. The van der Waals surface area contributed by atoms with Crippen molar-refractivity contribution >= 4 is 23.6 Å². The number of nitrogens with one attached hydrogen (secondary N) is 1. The summed E-state index contributed by atoms with van der Waals surface area (Å²) in [6.45, 7) is 3.10. The molecule has 0 spiro atoms. The number of carbonyl (C=O) groups is 3. The van der Waals surface area contributed by atoms with Gasteiger partial charge >= 0.3 is 5.97 Å². The molecule has 3 rings (SSSR count). The molecule has 2 heterocycles. The zero-order valence-corrected chi connectivity index (χ0v) is 16.1. The maximum absolute atomic E-state index is 12.7. The van der Waals surface area contributed by atoms with Crippen molar-refractivity contribution in [2.45, 2.75) is 19.8 Å². The molecule has 0 atom stereocenters. The van der Waals surface area contributed by atoms with Gasteiger partial charge in [0.1, 0.15) is 5.82 Å². The van der Waals surface area contributed by atoms with E-state index in [4.69, 9.17) is 4.74 Å². The molecule has 8 nitrogen and oxygen atoms in total. The van der Waals surface area contributed by atoms with E-state index >= 15 is 0 Å². The van der Waals surface area contributed by atoms with Crippen LogP contribution in [0.3, 0.4) is 0 Å². The van der Waals surface area contributed by atoms with Crippen LogP contribution < -0.4 is 5.32 Å². The van der Waals surface area contributed by atoms with Crippen LogP contribution in [-0.4, -0.2) is 52.2 Å². The highest BCUT2D eigenvalue weighted by Gasteiger charge is 2.29. The Labute approximate surface area is 163 Å². The average molecular weight is 384 g/mol. The summed E-state index contributed by atoms with van der Waals surface area (Å²) in [4.78, 5) is 38.6. The highest BCUT2D eigenvalue weighted by Crippen LogP contribution is 2.21. The van der Waals surface area contributed by atoms with Crippen LogP contribution in [0.4, 0.5) is 5.82 Å². The van der Waals surface area contributed by atoms with Crippen molar-refractivity contribution in [3.63, 3.8) is 0 Å². The number of rotatable bonds is 5. The van der Waals surface area contributed by atoms with E-state index in [0.717, 1.165) is 0 Å². The number of ether oxygens (including phenoxy) is 1. The van der Waals surface area contributed by atoms with Crippen LogP contribution in [0, 0.1) is 5.92 Å². The lowest BCUT2D eigenvalue weighted by Crippen LogP contribution is -2.40. The van der Waals surface area contributed by atoms with Crippen LogP contribution >= 0.6 is 0 Å². The zero-order chi connectivity index (χ0) is 20.1. The molecule has 2 aromatic rings. The van der Waals surface area contributed by atoms with Crippen molar-refractivity contribution in [3.8, 4) is 0 Å². The molecule has 2 amide bonds. The van der Waals surface area contributed by atoms with Crippen molar-refractivity contribution in [1.82, 2.24) is 14.7 Å². The summed E-state index contributed by atoms with van der Waals surface area (Å²) in [6.07, 6.45) is 1.16. The SMILES string of the molecule is CCOC(=O)C1CCN(C(=O)c2cc(NC(=O)c3ccccc3)n(C)n2)CC1. The number of amides is 2. The fourth-order valence-corrected chi connectivity index (χ4v) is 3.21. The molecule has 1 aliphatic heterocycles. The van der Waals surface area contributed by atoms with Crippen molar-refractivity contribution in [2.75, 3.05) is 25.0 Å². The lowest BCUT2D eigenvalue weighted by molar-refractivity contribution is -0.149. The Morgan fingerprint density at radius 2 is 1.86 bits per heavy atom. The minimum atomic E-state index is -0.266. The lowest BCUT2D eigenvalue weighted by Gasteiger charge is -2.30. The molecule has 28 heavy (non-hydrogen) atoms. The Bertz CT molecular complexity index is 854. The molecule has 0 unspecified atom stereocenters. The summed E-state index contributed by atoms with van der Waals surface area (Å²) in [5, 5.41) is 7.01. The van der Waals surface area contributed by atoms with E-state index in [2.05, 4.69) is 10.4 Å². The minimum Gasteiger partial charge on any atom is -0.466 e. The Morgan fingerprint density at radius 3 is 2.50 bits per heavy atom. The smallest absolute Gasteiger partial charge is 0.309 e. The minimum absolute atomic E-state index is 0.159. The van der Waals surface area contributed by atoms with Gasteiger partial charge in [0.2, 0.25) is 0 Å². The number of benzene rings is 1. The number of hydrogen-bond donors (Lipinski definition) is 1. The lowest BCUT2D eigenvalue weighted by atomic mass is 9.97. The largest absolute Gasteiger partial charge is 0.466 e. The van der Waals surface area contributed by atoms with Crippen LogP contribution in [-0.2, 0) is 16.6 Å². The van der Waals surface area contributed by atoms with Gasteiger partial charge in [0.05, 0.1) is 12.5 Å². The summed E-state index contributed by atoms with van der Waals surface area (Å²) in [5.74, 6) is -0.388. The van der Waals surface area contributed by atoms with Gasteiger partial charge in [-0.3, -0.25) is 19.1 Å². The molecule has 1 aliphatic rings. The molecule has 1 N–H and O–H groups in total. The molecule has 0 radical (unpaired) electrons. The van der Waals surface area contributed by atoms with E-state index in [9.17, 15) is 14.4 Å². The molecular weight excluding hydrogens is 360 g/mol. The normalized spacial score (nSPS) is 14.6. The quantitative estimate of drug-likeness (QED) is 0.797. The number of esters is 1. The van der Waals surface area contributed by atoms with Crippen LogP contribution in [0.1, 0.15) is 40.6 Å². The van der Waals surface area contributed by atoms with Gasteiger partial charge in [-0.2, -0.15) is 5.10 Å². The van der Waals surface area contributed by atoms with Gasteiger partial charge in [-0.1, -0.05) is 18.2 Å². The second-order valence-electron chi connectivity index (χ2n) is 6.68. The zero-order valence-electron chi connectivity index (χ0n) is 16.1. The predicted octanol–water partition coefficient (Wildman–Crippen LogP) is 2.09. The van der Waals surface area contributed by atoms with E-state index in [1.54, 1.807) is 49.2 Å². The predicted molar refractivity (Wildman–Crippen MR) is 103 cm³/mol. The summed E-state index contributed by atoms with van der Waals surface area (Å²) in [7, 11) is 1.67. The van der Waals surface area contributed by atoms with Gasteiger partial charge in [0.25, 0.3) is 11.8 Å². The van der Waals surface area contributed by atoms with Crippen LogP contribution in [0.15, 0.2) is 36.4 Å². The Morgan fingerprint density at radius 1 is 1.18 bits per heavy atom. The third kappa shape index (κ3) is 4.39. The van der Waals surface area contributed by atoms with E-state index in [0.29, 0.717) is 43.9 Å². The summed E-state index contributed by atoms with van der Waals surface area (Å²) >= 11 is 0. The van der Waals surface area contributed by atoms with Crippen LogP contribution in [0.2, 0.25) is 0 Å². The van der Waals surface area contributed by atoms with Gasteiger partial charge < -0.3 is 15.0 Å². The Kier molecular flexibility index (Phi) is 6.08. The molecule has 1 fully saturated rings. The molecular formula is C20H24N4O4. The van der Waals surface area contributed by atoms with Crippen LogP contribution in [0.5, 0.6) is 0 Å². The van der Waals surface area contributed by atoms with Crippen molar-refractivity contribution in [3.05, 3.63) is 47.7 Å². The first-order valence-electron chi connectivity index (χ1n) is 9.36. The van der Waals surface area contributed by atoms with Gasteiger partial charge in [0.15, 0.2) is 5.69 Å². The van der Waals surface area contributed by atoms with E-state index in [-0.39, 0.29) is 29.4 Å². The summed E-state index contributed by atoms with van der Waals surface area (Å²) in [6, 6.07) is 10.4. The molecule has 0 saturated carbocycles. The molecule has 1 saturated heterocycles.